The van der Waals surface area contributed by atoms with E-state index in [1.807, 2.05) is 31.2 Å². The van der Waals surface area contributed by atoms with Crippen molar-refractivity contribution in [3.05, 3.63) is 90.1 Å². The molecule has 0 aliphatic rings. The van der Waals surface area contributed by atoms with E-state index in [0.29, 0.717) is 0 Å². The summed E-state index contributed by atoms with van der Waals surface area (Å²) in [6.45, 7) is 14.2. The monoisotopic (exact) mass is 250 g/mol. The van der Waals surface area contributed by atoms with Gasteiger partial charge in [0, 0.05) is 0 Å². The second kappa shape index (κ2) is 7.38. The van der Waals surface area contributed by atoms with Crippen LogP contribution in [-0.4, -0.2) is 0 Å². The van der Waals surface area contributed by atoms with Crippen LogP contribution in [0, 0.1) is 6.92 Å². The molecular formula is C19H22. The van der Waals surface area contributed by atoms with Crippen LogP contribution in [-0.2, 0) is 0 Å². The summed E-state index contributed by atoms with van der Waals surface area (Å²) in [5, 5.41) is 0. The van der Waals surface area contributed by atoms with Gasteiger partial charge in [-0.15, -0.1) is 0 Å². The predicted molar refractivity (Wildman–Crippen MR) is 87.1 cm³/mol. The third-order valence-electron chi connectivity index (χ3n) is 3.02. The van der Waals surface area contributed by atoms with E-state index in [-0.39, 0.29) is 0 Å². The normalized spacial score (nSPS) is 12.8. The maximum Gasteiger partial charge on any atom is -0.0196 e. The Balaban J connectivity index is 3.05. The maximum atomic E-state index is 4.12. The molecule has 0 spiro atoms. The van der Waals surface area contributed by atoms with E-state index in [9.17, 15) is 0 Å². The first-order chi connectivity index (χ1) is 9.10. The fourth-order valence-corrected chi connectivity index (χ4v) is 1.94. The van der Waals surface area contributed by atoms with Gasteiger partial charge in [-0.1, -0.05) is 67.8 Å². The molecule has 0 aromatic heterocycles. The van der Waals surface area contributed by atoms with Crippen molar-refractivity contribution in [2.24, 2.45) is 0 Å². The van der Waals surface area contributed by atoms with E-state index in [0.717, 1.165) is 11.1 Å². The number of benzene rings is 1. The number of rotatable bonds is 5. The van der Waals surface area contributed by atoms with Crippen LogP contribution in [0.25, 0.3) is 5.57 Å². The molecule has 0 atom stereocenters. The molecule has 0 N–H and O–H groups in total. The Morgan fingerprint density at radius 2 is 1.89 bits per heavy atom. The second-order valence-electron chi connectivity index (χ2n) is 4.52. The molecular weight excluding hydrogens is 228 g/mol. The van der Waals surface area contributed by atoms with Crippen molar-refractivity contribution in [2.45, 2.75) is 20.8 Å². The Labute approximate surface area is 117 Å². The number of hydrogen-bond acceptors (Lipinski definition) is 0. The standard InChI is InChI=1S/C19H22/c1-6-8-12-18(7-2)16(4)14-17(5)19-13-10-9-11-15(19)3/h6-14H,2,4H2,1,3,5H3/b8-6-,17-14-,18-12+. The maximum absolute atomic E-state index is 4.12. The first-order valence-corrected chi connectivity index (χ1v) is 6.49. The minimum Gasteiger partial charge on any atom is -0.0984 e. The van der Waals surface area contributed by atoms with Gasteiger partial charge in [-0.05, 0) is 48.6 Å². The van der Waals surface area contributed by atoms with E-state index in [1.165, 1.54) is 16.7 Å². The Bertz CT molecular complexity index is 551. The average Bonchev–Trinajstić information content (AvgIpc) is 2.40. The van der Waals surface area contributed by atoms with Crippen LogP contribution in [0.1, 0.15) is 25.0 Å². The van der Waals surface area contributed by atoms with Crippen molar-refractivity contribution in [3.63, 3.8) is 0 Å². The smallest absolute Gasteiger partial charge is 0.0196 e. The highest BCUT2D eigenvalue weighted by atomic mass is 14.1. The SMILES string of the molecule is C=C/C(=C\C=C/C)C(=C)/C=C(/C)c1ccccc1C. The topological polar surface area (TPSA) is 0 Å². The molecule has 0 unspecified atom stereocenters. The molecule has 0 bridgehead atoms. The molecule has 0 aliphatic carbocycles. The zero-order valence-corrected chi connectivity index (χ0v) is 12.1. The van der Waals surface area contributed by atoms with E-state index in [4.69, 9.17) is 0 Å². The van der Waals surface area contributed by atoms with Gasteiger partial charge >= 0.3 is 0 Å². The highest BCUT2D eigenvalue weighted by molar-refractivity contribution is 5.70. The third-order valence-corrected chi connectivity index (χ3v) is 3.02. The lowest BCUT2D eigenvalue weighted by molar-refractivity contribution is 1.40. The summed E-state index contributed by atoms with van der Waals surface area (Å²) in [5.74, 6) is 0. The lowest BCUT2D eigenvalue weighted by Crippen LogP contribution is -1.87. The lowest BCUT2D eigenvalue weighted by Gasteiger charge is -2.08. The van der Waals surface area contributed by atoms with Gasteiger partial charge in [-0.2, -0.15) is 0 Å². The Kier molecular flexibility index (Phi) is 5.81. The highest BCUT2D eigenvalue weighted by Crippen LogP contribution is 2.22. The molecule has 98 valence electrons. The minimum atomic E-state index is 0.980. The molecule has 0 fully saturated rings. The van der Waals surface area contributed by atoms with E-state index < -0.39 is 0 Å². The van der Waals surface area contributed by atoms with Crippen LogP contribution in [0.2, 0.25) is 0 Å². The minimum absolute atomic E-state index is 0.980. The summed E-state index contributed by atoms with van der Waals surface area (Å²) < 4.78 is 0. The van der Waals surface area contributed by atoms with E-state index >= 15 is 0 Å². The Morgan fingerprint density at radius 1 is 1.21 bits per heavy atom. The van der Waals surface area contributed by atoms with Crippen molar-refractivity contribution in [3.8, 4) is 0 Å². The average molecular weight is 250 g/mol. The molecule has 1 rings (SSSR count). The predicted octanol–water partition coefficient (Wildman–Crippen LogP) is 5.64. The summed E-state index contributed by atoms with van der Waals surface area (Å²) in [7, 11) is 0. The van der Waals surface area contributed by atoms with Gasteiger partial charge in [0.15, 0.2) is 0 Å². The first kappa shape index (κ1) is 15.0. The Morgan fingerprint density at radius 3 is 2.47 bits per heavy atom. The largest absolute Gasteiger partial charge is 0.0984 e. The van der Waals surface area contributed by atoms with Gasteiger partial charge in [0.05, 0.1) is 0 Å². The van der Waals surface area contributed by atoms with Gasteiger partial charge < -0.3 is 0 Å². The summed E-state index contributed by atoms with van der Waals surface area (Å²) in [4.78, 5) is 0. The molecule has 0 heteroatoms. The molecule has 1 aromatic rings. The molecule has 1 aromatic carbocycles. The second-order valence-corrected chi connectivity index (χ2v) is 4.52. The van der Waals surface area contributed by atoms with Crippen molar-refractivity contribution in [2.75, 3.05) is 0 Å². The van der Waals surface area contributed by atoms with Crippen LogP contribution in [0.3, 0.4) is 0 Å². The van der Waals surface area contributed by atoms with Crippen molar-refractivity contribution in [1.82, 2.24) is 0 Å². The van der Waals surface area contributed by atoms with Crippen LogP contribution in [0.15, 0.2) is 78.9 Å². The number of aryl methyl sites for hydroxylation is 1. The van der Waals surface area contributed by atoms with Crippen LogP contribution in [0.5, 0.6) is 0 Å². The molecule has 0 nitrogen and oxygen atoms in total. The molecule has 0 saturated carbocycles. The van der Waals surface area contributed by atoms with Crippen molar-refractivity contribution in [1.29, 1.82) is 0 Å². The van der Waals surface area contributed by atoms with Crippen LogP contribution < -0.4 is 0 Å². The zero-order valence-electron chi connectivity index (χ0n) is 12.1. The molecule has 19 heavy (non-hydrogen) atoms. The summed E-state index contributed by atoms with van der Waals surface area (Å²) in [6, 6.07) is 8.38. The molecule has 0 aliphatic heterocycles. The van der Waals surface area contributed by atoms with Gasteiger partial charge in [-0.3, -0.25) is 0 Å². The molecule has 0 radical (unpaired) electrons. The summed E-state index contributed by atoms with van der Waals surface area (Å²) in [5.41, 5.74) is 5.79. The van der Waals surface area contributed by atoms with Crippen LogP contribution in [0.4, 0.5) is 0 Å². The van der Waals surface area contributed by atoms with Gasteiger partial charge in [0.25, 0.3) is 0 Å². The fourth-order valence-electron chi connectivity index (χ4n) is 1.94. The van der Waals surface area contributed by atoms with Crippen LogP contribution >= 0.6 is 0 Å². The highest BCUT2D eigenvalue weighted by Gasteiger charge is 2.01. The lowest BCUT2D eigenvalue weighted by atomic mass is 9.98. The molecule has 0 heterocycles. The van der Waals surface area contributed by atoms with Gasteiger partial charge in [0.2, 0.25) is 0 Å². The first-order valence-electron chi connectivity index (χ1n) is 6.49. The zero-order chi connectivity index (χ0) is 14.3. The van der Waals surface area contributed by atoms with E-state index in [2.05, 4.69) is 57.3 Å². The summed E-state index contributed by atoms with van der Waals surface area (Å²) >= 11 is 0. The third kappa shape index (κ3) is 4.26. The van der Waals surface area contributed by atoms with Crippen molar-refractivity contribution >= 4 is 5.57 Å². The van der Waals surface area contributed by atoms with Gasteiger partial charge in [-0.25, -0.2) is 0 Å². The van der Waals surface area contributed by atoms with Gasteiger partial charge in [0.1, 0.15) is 0 Å². The number of allylic oxidation sites excluding steroid dienone is 8. The molecule has 0 amide bonds. The van der Waals surface area contributed by atoms with E-state index in [1.54, 1.807) is 0 Å². The quantitative estimate of drug-likeness (QED) is 0.593. The van der Waals surface area contributed by atoms with Crippen molar-refractivity contribution < 1.29 is 0 Å². The fraction of sp³-hybridized carbons (Fsp3) is 0.158. The Hall–Kier alpha value is -2.08. The molecule has 0 saturated heterocycles. The summed E-state index contributed by atoms with van der Waals surface area (Å²) in [6.07, 6.45) is 9.97. The number of hydrogen-bond donors (Lipinski definition) is 0.